The van der Waals surface area contributed by atoms with Gasteiger partial charge in [-0.15, -0.1) is 0 Å². The van der Waals surface area contributed by atoms with Gasteiger partial charge in [0, 0.05) is 41.9 Å². The van der Waals surface area contributed by atoms with Crippen molar-refractivity contribution in [2.24, 2.45) is 10.9 Å². The summed E-state index contributed by atoms with van der Waals surface area (Å²) in [5, 5.41) is 0. The highest BCUT2D eigenvalue weighted by atomic mass is 19.3. The maximum absolute atomic E-state index is 14.9. The number of anilines is 1. The molecule has 1 fully saturated rings. The maximum atomic E-state index is 14.9. The summed E-state index contributed by atoms with van der Waals surface area (Å²) in [5.41, 5.74) is -1.27. The van der Waals surface area contributed by atoms with E-state index in [0.29, 0.717) is 0 Å². The molecule has 0 bridgehead atoms. The van der Waals surface area contributed by atoms with Crippen LogP contribution in [-0.2, 0) is 4.79 Å². The van der Waals surface area contributed by atoms with Crippen molar-refractivity contribution in [1.29, 1.82) is 0 Å². The number of nitrogens with zero attached hydrogens (tertiary/aromatic N) is 3. The van der Waals surface area contributed by atoms with E-state index in [0.717, 1.165) is 47.9 Å². The molecule has 9 nitrogen and oxygen atoms in total. The number of rotatable bonds is 7. The molecule has 2 heterocycles. The Bertz CT molecular complexity index is 1390. The third-order valence-electron chi connectivity index (χ3n) is 5.69. The smallest absolute Gasteiger partial charge is 0.387 e. The van der Waals surface area contributed by atoms with Crippen molar-refractivity contribution < 1.29 is 36.6 Å². The monoisotopic (exact) mass is 518 g/mol. The second-order valence-electron chi connectivity index (χ2n) is 7.84. The van der Waals surface area contributed by atoms with Crippen molar-refractivity contribution in [1.82, 2.24) is 9.97 Å². The van der Waals surface area contributed by atoms with E-state index in [9.17, 15) is 31.9 Å². The van der Waals surface area contributed by atoms with Crippen LogP contribution in [0.1, 0.15) is 21.8 Å². The van der Waals surface area contributed by atoms with Gasteiger partial charge >= 0.3 is 6.61 Å². The summed E-state index contributed by atoms with van der Waals surface area (Å²) in [6, 6.07) is 6.55. The number of aromatic nitrogens is 2. The number of halogens is 4. The van der Waals surface area contributed by atoms with Crippen LogP contribution in [0.15, 0.2) is 58.7 Å². The van der Waals surface area contributed by atoms with Gasteiger partial charge in [-0.2, -0.15) is 8.78 Å². The average molecular weight is 518 g/mol. The summed E-state index contributed by atoms with van der Waals surface area (Å²) < 4.78 is 63.6. The molecule has 0 radical (unpaired) electrons. The van der Waals surface area contributed by atoms with Crippen molar-refractivity contribution in [3.8, 4) is 11.5 Å². The summed E-state index contributed by atoms with van der Waals surface area (Å²) >= 11 is 0. The van der Waals surface area contributed by atoms with Gasteiger partial charge in [-0.3, -0.25) is 14.4 Å². The quantitative estimate of drug-likeness (QED) is 0.379. The number of amides is 2. The summed E-state index contributed by atoms with van der Waals surface area (Å²) in [7, 11) is 1.23. The minimum Gasteiger partial charge on any atom is -0.497 e. The Hall–Kier alpha value is -4.55. The highest BCUT2D eigenvalue weighted by Gasteiger charge is 2.44. The van der Waals surface area contributed by atoms with Crippen molar-refractivity contribution in [3.63, 3.8) is 0 Å². The molecule has 2 amide bonds. The van der Waals surface area contributed by atoms with E-state index in [1.54, 1.807) is 0 Å². The van der Waals surface area contributed by atoms with Gasteiger partial charge in [0.25, 0.3) is 11.5 Å². The highest BCUT2D eigenvalue weighted by Crippen LogP contribution is 2.38. The topological polar surface area (TPSA) is 114 Å². The maximum Gasteiger partial charge on any atom is 0.387 e. The fourth-order valence-corrected chi connectivity index (χ4v) is 3.97. The number of aliphatic imine (C=N–C) groups is 1. The lowest BCUT2D eigenvalue weighted by atomic mass is 9.88. The molecular weight excluding hydrogens is 500 g/mol. The molecule has 192 valence electrons. The van der Waals surface area contributed by atoms with Gasteiger partial charge < -0.3 is 19.4 Å². The predicted molar refractivity (Wildman–Crippen MR) is 122 cm³/mol. The molecule has 37 heavy (non-hydrogen) atoms. The molecule has 1 aromatic heterocycles. The molecule has 1 aliphatic heterocycles. The first kappa shape index (κ1) is 25.5. The van der Waals surface area contributed by atoms with Gasteiger partial charge in [-0.25, -0.2) is 18.8 Å². The number of aromatic amines is 1. The van der Waals surface area contributed by atoms with Crippen LogP contribution in [0.5, 0.6) is 11.5 Å². The number of H-pyrrole nitrogens is 1. The number of carbonyl (C=O) groups is 2. The Morgan fingerprint density at radius 2 is 1.84 bits per heavy atom. The molecule has 1 saturated heterocycles. The Morgan fingerprint density at radius 1 is 1.16 bits per heavy atom. The third-order valence-corrected chi connectivity index (χ3v) is 5.69. The SMILES string of the molecule is COc1cc(F)c([C@@H]2CN(c3cnc[nH]c3=O)C(=O)C2C=NC(=O)c2ccc(OC(F)F)cc2)c(F)c1. The number of alkyl halides is 2. The number of ether oxygens (including phenoxy) is 2. The number of carbonyl (C=O) groups excluding carboxylic acids is 2. The molecular formula is C24H18F4N4O5. The van der Waals surface area contributed by atoms with Crippen LogP contribution in [0, 0.1) is 17.6 Å². The summed E-state index contributed by atoms with van der Waals surface area (Å²) in [6.45, 7) is -3.35. The molecule has 2 atom stereocenters. The largest absolute Gasteiger partial charge is 0.497 e. The summed E-state index contributed by atoms with van der Waals surface area (Å²) in [6.07, 6.45) is 3.19. The summed E-state index contributed by atoms with van der Waals surface area (Å²) in [5.74, 6) is -6.32. The molecule has 0 saturated carbocycles. The molecule has 0 spiro atoms. The van der Waals surface area contributed by atoms with E-state index in [-0.39, 0.29) is 29.3 Å². The van der Waals surface area contributed by atoms with Crippen LogP contribution in [0.2, 0.25) is 0 Å². The lowest BCUT2D eigenvalue weighted by Gasteiger charge is -2.17. The standard InChI is InChI=1S/C24H18F4N4O5/c1-36-14-6-17(25)20(18(26)7-14)16-10-32(19-9-29-11-31-22(19)34)23(35)15(16)8-30-21(33)12-2-4-13(5-3-12)37-24(27)28/h2-9,11,15-16,24H,10H2,1H3,(H,29,31,34)/t15?,16-/m1/s1. The van der Waals surface area contributed by atoms with Crippen LogP contribution < -0.4 is 19.9 Å². The average Bonchev–Trinajstić information content (AvgIpc) is 3.17. The minimum absolute atomic E-state index is 0.0118. The van der Waals surface area contributed by atoms with E-state index < -0.39 is 53.0 Å². The van der Waals surface area contributed by atoms with Gasteiger partial charge in [-0.1, -0.05) is 0 Å². The molecule has 1 aliphatic rings. The van der Waals surface area contributed by atoms with Crippen molar-refractivity contribution in [3.05, 3.63) is 82.0 Å². The zero-order chi connectivity index (χ0) is 26.7. The molecule has 0 aliphatic carbocycles. The number of methoxy groups -OCH3 is 1. The Kier molecular flexibility index (Phi) is 7.32. The summed E-state index contributed by atoms with van der Waals surface area (Å²) in [4.78, 5) is 49.0. The Labute approximate surface area is 206 Å². The van der Waals surface area contributed by atoms with Crippen molar-refractivity contribution in [2.45, 2.75) is 12.5 Å². The highest BCUT2D eigenvalue weighted by molar-refractivity contribution is 6.09. The second-order valence-corrected chi connectivity index (χ2v) is 7.84. The van der Waals surface area contributed by atoms with Gasteiger partial charge in [0.15, 0.2) is 0 Å². The van der Waals surface area contributed by atoms with E-state index in [1.165, 1.54) is 19.2 Å². The lowest BCUT2D eigenvalue weighted by molar-refractivity contribution is -0.118. The number of nitrogens with one attached hydrogen (secondary N) is 1. The van der Waals surface area contributed by atoms with Crippen LogP contribution >= 0.6 is 0 Å². The van der Waals surface area contributed by atoms with Gasteiger partial charge in [-0.05, 0) is 24.3 Å². The minimum atomic E-state index is -3.04. The van der Waals surface area contributed by atoms with Crippen molar-refractivity contribution in [2.75, 3.05) is 18.6 Å². The Morgan fingerprint density at radius 3 is 2.43 bits per heavy atom. The normalized spacial score (nSPS) is 17.6. The van der Waals surface area contributed by atoms with Crippen LogP contribution in [0.3, 0.4) is 0 Å². The van der Waals surface area contributed by atoms with E-state index >= 15 is 0 Å². The van der Waals surface area contributed by atoms with Crippen LogP contribution in [0.25, 0.3) is 0 Å². The van der Waals surface area contributed by atoms with Crippen molar-refractivity contribution >= 4 is 23.7 Å². The van der Waals surface area contributed by atoms with Gasteiger partial charge in [0.1, 0.15) is 28.8 Å². The molecule has 2 aromatic carbocycles. The zero-order valence-electron chi connectivity index (χ0n) is 19.0. The molecule has 3 aromatic rings. The lowest BCUT2D eigenvalue weighted by Crippen LogP contribution is -2.32. The van der Waals surface area contributed by atoms with E-state index in [1.807, 2.05) is 0 Å². The molecule has 1 N–H and O–H groups in total. The Balaban J connectivity index is 1.69. The second kappa shape index (κ2) is 10.6. The number of hydrogen-bond acceptors (Lipinski definition) is 6. The first-order valence-electron chi connectivity index (χ1n) is 10.7. The fraction of sp³-hybridized carbons (Fsp3) is 0.208. The molecule has 13 heteroatoms. The van der Waals surface area contributed by atoms with Gasteiger partial charge in [0.2, 0.25) is 5.91 Å². The van der Waals surface area contributed by atoms with E-state index in [4.69, 9.17) is 4.74 Å². The fourth-order valence-electron chi connectivity index (χ4n) is 3.97. The van der Waals surface area contributed by atoms with Crippen LogP contribution in [0.4, 0.5) is 23.2 Å². The van der Waals surface area contributed by atoms with E-state index in [2.05, 4.69) is 19.7 Å². The van der Waals surface area contributed by atoms with Crippen LogP contribution in [-0.4, -0.2) is 48.3 Å². The van der Waals surface area contributed by atoms with Gasteiger partial charge in [0.05, 0.1) is 25.6 Å². The molecule has 4 rings (SSSR count). The molecule has 1 unspecified atom stereocenters. The number of benzene rings is 2. The predicted octanol–water partition coefficient (Wildman–Crippen LogP) is 3.32. The zero-order valence-corrected chi connectivity index (χ0v) is 19.0. The first-order valence-corrected chi connectivity index (χ1v) is 10.7. The third kappa shape index (κ3) is 5.34. The number of hydrogen-bond donors (Lipinski definition) is 1. The first-order chi connectivity index (χ1) is 17.7.